The lowest BCUT2D eigenvalue weighted by Crippen LogP contribution is -2.43. The van der Waals surface area contributed by atoms with E-state index in [1.165, 1.54) is 11.6 Å². The van der Waals surface area contributed by atoms with Crippen LogP contribution in [0.15, 0.2) is 47.5 Å². The maximum absolute atomic E-state index is 13.4. The molecule has 1 saturated carbocycles. The maximum atomic E-state index is 13.4. The third-order valence-corrected chi connectivity index (χ3v) is 9.95. The van der Waals surface area contributed by atoms with Crippen molar-refractivity contribution >= 4 is 33.2 Å². The molecular weight excluding hydrogens is 564 g/mol. The minimum absolute atomic E-state index is 0.0210. The fourth-order valence-corrected chi connectivity index (χ4v) is 7.13. The highest BCUT2D eigenvalue weighted by molar-refractivity contribution is 7.90. The molecule has 2 atom stereocenters. The molecule has 0 saturated heterocycles. The summed E-state index contributed by atoms with van der Waals surface area (Å²) in [4.78, 5) is 19.5. The number of hydrogen-bond acceptors (Lipinski definition) is 7. The number of fused-ring (bicyclic) bond motifs is 5. The normalized spacial score (nSPS) is 23.0. The monoisotopic (exact) mass is 598 g/mol. The number of carbonyl (C=O) groups excluding carboxylic acids is 1. The Hall–Kier alpha value is -3.08. The highest BCUT2D eigenvalue weighted by Gasteiger charge is 2.34. The predicted octanol–water partition coefficient (Wildman–Crippen LogP) is 4.42. The third-order valence-electron chi connectivity index (χ3n) is 8.34. The van der Waals surface area contributed by atoms with Crippen LogP contribution in [0, 0.1) is 12.8 Å². The van der Waals surface area contributed by atoms with Crippen molar-refractivity contribution in [2.75, 3.05) is 24.6 Å². The highest BCUT2D eigenvalue weighted by Crippen LogP contribution is 2.37. The van der Waals surface area contributed by atoms with Crippen LogP contribution in [-0.4, -0.2) is 49.7 Å². The topological polar surface area (TPSA) is 103 Å². The second kappa shape index (κ2) is 11.7. The number of benzene rings is 2. The van der Waals surface area contributed by atoms with Gasteiger partial charge in [-0.2, -0.15) is 0 Å². The number of carbonyl (C=O) groups is 1. The molecule has 3 aromatic rings. The zero-order chi connectivity index (χ0) is 28.6. The number of imidazole rings is 1. The lowest BCUT2D eigenvalue weighted by atomic mass is 9.81. The van der Waals surface area contributed by atoms with Crippen molar-refractivity contribution in [2.24, 2.45) is 5.92 Å². The number of nitrogens with one attached hydrogen (secondary N) is 1. The van der Waals surface area contributed by atoms with Gasteiger partial charge in [0.25, 0.3) is 10.0 Å². The van der Waals surface area contributed by atoms with Crippen molar-refractivity contribution in [3.05, 3.63) is 70.3 Å². The molecule has 0 spiro atoms. The van der Waals surface area contributed by atoms with E-state index in [4.69, 9.17) is 21.1 Å². The molecule has 11 heteroatoms. The molecule has 1 aromatic heterocycles. The summed E-state index contributed by atoms with van der Waals surface area (Å²) in [6.07, 6.45) is 6.61. The Morgan fingerprint density at radius 2 is 1.95 bits per heavy atom. The Morgan fingerprint density at radius 3 is 2.78 bits per heavy atom. The van der Waals surface area contributed by atoms with Crippen molar-refractivity contribution in [2.45, 2.75) is 69.6 Å². The van der Waals surface area contributed by atoms with Gasteiger partial charge in [-0.15, -0.1) is 0 Å². The number of ether oxygens (including phenoxy) is 2. The predicted molar refractivity (Wildman–Crippen MR) is 156 cm³/mol. The van der Waals surface area contributed by atoms with E-state index < -0.39 is 15.9 Å². The third kappa shape index (κ3) is 6.24. The van der Waals surface area contributed by atoms with E-state index >= 15 is 0 Å². The summed E-state index contributed by atoms with van der Waals surface area (Å²) in [7, 11) is -4.12. The van der Waals surface area contributed by atoms with Crippen LogP contribution in [0.1, 0.15) is 48.3 Å². The molecule has 218 valence electrons. The van der Waals surface area contributed by atoms with E-state index in [0.717, 1.165) is 56.6 Å². The van der Waals surface area contributed by atoms with Crippen LogP contribution in [0.2, 0.25) is 5.02 Å². The number of rotatable bonds is 0. The van der Waals surface area contributed by atoms with Crippen LogP contribution in [-0.2, 0) is 45.5 Å². The summed E-state index contributed by atoms with van der Waals surface area (Å²) < 4.78 is 43.6. The fraction of sp³-hybridized carbons (Fsp3) is 0.467. The summed E-state index contributed by atoms with van der Waals surface area (Å²) in [5, 5.41) is 0.705. The number of amides is 1. The Morgan fingerprint density at radius 1 is 1.07 bits per heavy atom. The zero-order valence-corrected chi connectivity index (χ0v) is 24.7. The lowest BCUT2D eigenvalue weighted by molar-refractivity contribution is -0.118. The van der Waals surface area contributed by atoms with Gasteiger partial charge in [0, 0.05) is 36.8 Å². The average Bonchev–Trinajstić information content (AvgIpc) is 3.25. The van der Waals surface area contributed by atoms with Crippen molar-refractivity contribution < 1.29 is 22.7 Å². The number of aryl methyl sites for hydroxylation is 2. The molecule has 1 fully saturated rings. The molecule has 0 unspecified atom stereocenters. The minimum atomic E-state index is -4.12. The molecule has 1 amide bonds. The molecule has 6 rings (SSSR count). The van der Waals surface area contributed by atoms with E-state index in [9.17, 15) is 13.2 Å². The van der Waals surface area contributed by atoms with Gasteiger partial charge in [0.1, 0.15) is 18.2 Å². The second-order valence-corrected chi connectivity index (χ2v) is 13.3. The molecule has 1 N–H and O–H groups in total. The van der Waals surface area contributed by atoms with E-state index in [0.29, 0.717) is 47.8 Å². The Labute approximate surface area is 245 Å². The Bertz CT molecular complexity index is 1560. The van der Waals surface area contributed by atoms with Crippen molar-refractivity contribution in [3.63, 3.8) is 0 Å². The number of aromatic nitrogens is 2. The van der Waals surface area contributed by atoms with Gasteiger partial charge in [-0.05, 0) is 80.5 Å². The van der Waals surface area contributed by atoms with Crippen molar-refractivity contribution in [1.29, 1.82) is 0 Å². The number of sulfonamides is 1. The molecule has 4 bridgehead atoms. The largest absolute Gasteiger partial charge is 0.487 e. The summed E-state index contributed by atoms with van der Waals surface area (Å²) in [6, 6.07) is 10.7. The zero-order valence-electron chi connectivity index (χ0n) is 23.1. The number of hydrogen-bond donors (Lipinski definition) is 1. The van der Waals surface area contributed by atoms with Gasteiger partial charge in [-0.3, -0.25) is 4.79 Å². The summed E-state index contributed by atoms with van der Waals surface area (Å²) >= 11 is 6.30. The summed E-state index contributed by atoms with van der Waals surface area (Å²) in [5.41, 5.74) is 3.46. The van der Waals surface area contributed by atoms with Gasteiger partial charge in [0.15, 0.2) is 0 Å². The van der Waals surface area contributed by atoms with Crippen molar-refractivity contribution in [1.82, 2.24) is 14.3 Å². The first kappa shape index (κ1) is 28.1. The molecule has 3 heterocycles. The van der Waals surface area contributed by atoms with E-state index in [1.54, 1.807) is 18.3 Å². The first-order chi connectivity index (χ1) is 19.7. The molecule has 1 aliphatic carbocycles. The highest BCUT2D eigenvalue weighted by atomic mass is 35.5. The Balaban J connectivity index is 1.37. The SMILES string of the molecule is Cc1nc2cn1CCO[C@@H]1CC[C@H]1CN1CCCCc3cc(Cl)ccc3COc3ccc(cc31)S(=O)(=O)NC(=O)C2. The van der Waals surface area contributed by atoms with Crippen LogP contribution in [0.25, 0.3) is 0 Å². The number of anilines is 1. The smallest absolute Gasteiger partial charge is 0.264 e. The summed E-state index contributed by atoms with van der Waals surface area (Å²) in [5.74, 6) is 1.05. The molecule has 0 radical (unpaired) electrons. The van der Waals surface area contributed by atoms with Crippen molar-refractivity contribution in [3.8, 4) is 5.75 Å². The lowest BCUT2D eigenvalue weighted by Gasteiger charge is -2.40. The van der Waals surface area contributed by atoms with E-state index in [-0.39, 0.29) is 17.4 Å². The fourth-order valence-electron chi connectivity index (χ4n) is 5.93. The van der Waals surface area contributed by atoms with Crippen LogP contribution in [0.3, 0.4) is 0 Å². The van der Waals surface area contributed by atoms with Crippen LogP contribution >= 0.6 is 11.6 Å². The number of nitrogens with zero attached hydrogens (tertiary/aromatic N) is 3. The number of halogens is 1. The van der Waals surface area contributed by atoms with E-state index in [2.05, 4.69) is 14.6 Å². The van der Waals surface area contributed by atoms with Gasteiger partial charge in [0.2, 0.25) is 5.91 Å². The summed E-state index contributed by atoms with van der Waals surface area (Å²) in [6.45, 7) is 4.84. The molecule has 3 aliphatic rings. The quantitative estimate of drug-likeness (QED) is 0.408. The van der Waals surface area contributed by atoms with E-state index in [1.807, 2.05) is 29.7 Å². The maximum Gasteiger partial charge on any atom is 0.264 e. The van der Waals surface area contributed by atoms with Crippen LogP contribution in [0.5, 0.6) is 5.75 Å². The molecule has 41 heavy (non-hydrogen) atoms. The molecule has 2 aliphatic heterocycles. The van der Waals surface area contributed by atoms with Gasteiger partial charge in [-0.25, -0.2) is 18.1 Å². The second-order valence-electron chi connectivity index (χ2n) is 11.2. The van der Waals surface area contributed by atoms with Gasteiger partial charge < -0.3 is 18.9 Å². The van der Waals surface area contributed by atoms with Gasteiger partial charge >= 0.3 is 0 Å². The van der Waals surface area contributed by atoms with Gasteiger partial charge in [0.05, 0.1) is 35.4 Å². The Kier molecular flexibility index (Phi) is 7.98. The van der Waals surface area contributed by atoms with Crippen LogP contribution in [0.4, 0.5) is 5.69 Å². The minimum Gasteiger partial charge on any atom is -0.487 e. The van der Waals surface area contributed by atoms with Crippen LogP contribution < -0.4 is 14.4 Å². The first-order valence-corrected chi connectivity index (χ1v) is 16.1. The molecule has 2 aromatic carbocycles. The molecule has 9 nitrogen and oxygen atoms in total. The first-order valence-electron chi connectivity index (χ1n) is 14.2. The van der Waals surface area contributed by atoms with Gasteiger partial charge in [-0.1, -0.05) is 17.7 Å². The standard InChI is InChI=1S/C30H35ClN4O5S/c1-20-32-25-15-30(36)33-41(37,38)26-8-10-29-27(16-26)35(17-22-6-9-28(22)39-13-12-34(20)18-25)11-3-2-4-21-14-24(31)7-5-23(21)19-40-29/h5,7-8,10,14,16,18,22,28H,2-4,6,9,11-13,15,17,19H2,1H3,(H,33,36)/t22-,28+/m0/s1. The molecular formula is C30H35ClN4O5S. The average molecular weight is 599 g/mol.